The Bertz CT molecular complexity index is 222. The number of ether oxygens (including phenoxy) is 1. The van der Waals surface area contributed by atoms with Crippen LogP contribution >= 0.6 is 0 Å². The van der Waals surface area contributed by atoms with E-state index in [4.69, 9.17) is 10.5 Å². The minimum absolute atomic E-state index is 0.0573. The van der Waals surface area contributed by atoms with Gasteiger partial charge in [-0.2, -0.15) is 0 Å². The highest BCUT2D eigenvalue weighted by atomic mass is 16.5. The second kappa shape index (κ2) is 7.67. The van der Waals surface area contributed by atoms with Crippen LogP contribution in [0.1, 0.15) is 47.5 Å². The van der Waals surface area contributed by atoms with Gasteiger partial charge in [0.2, 0.25) is 5.91 Å². The highest BCUT2D eigenvalue weighted by Crippen LogP contribution is 2.08. The van der Waals surface area contributed by atoms with E-state index in [0.29, 0.717) is 32.0 Å². The van der Waals surface area contributed by atoms with Gasteiger partial charge in [0, 0.05) is 18.6 Å². The summed E-state index contributed by atoms with van der Waals surface area (Å²) >= 11 is 0. The predicted molar refractivity (Wildman–Crippen MR) is 70.8 cm³/mol. The van der Waals surface area contributed by atoms with Crippen molar-refractivity contribution < 1.29 is 9.53 Å². The van der Waals surface area contributed by atoms with Gasteiger partial charge >= 0.3 is 0 Å². The molecule has 0 rings (SSSR count). The molecule has 1 atom stereocenters. The van der Waals surface area contributed by atoms with E-state index in [2.05, 4.69) is 19.2 Å². The SMILES string of the molecule is CCOCC(NC(=O)CCC(C)(C)N)C(C)C. The molecule has 102 valence electrons. The molecule has 0 aliphatic heterocycles. The summed E-state index contributed by atoms with van der Waals surface area (Å²) in [6.45, 7) is 11.2. The number of nitrogens with one attached hydrogen (secondary N) is 1. The number of hydrogen-bond acceptors (Lipinski definition) is 3. The van der Waals surface area contributed by atoms with Crippen molar-refractivity contribution in [3.63, 3.8) is 0 Å². The topological polar surface area (TPSA) is 64.3 Å². The first kappa shape index (κ1) is 16.4. The van der Waals surface area contributed by atoms with Crippen LogP contribution in [0.5, 0.6) is 0 Å². The second-order valence-corrected chi connectivity index (χ2v) is 5.57. The molecule has 0 fully saturated rings. The Morgan fingerprint density at radius 1 is 1.41 bits per heavy atom. The third-order valence-electron chi connectivity index (χ3n) is 2.65. The third-order valence-corrected chi connectivity index (χ3v) is 2.65. The molecule has 0 saturated heterocycles. The predicted octanol–water partition coefficient (Wildman–Crippen LogP) is 1.68. The normalized spacial score (nSPS) is 13.8. The molecule has 4 heteroatoms. The minimum atomic E-state index is -0.287. The van der Waals surface area contributed by atoms with Gasteiger partial charge in [0.05, 0.1) is 12.6 Å². The molecule has 0 radical (unpaired) electrons. The summed E-state index contributed by atoms with van der Waals surface area (Å²) in [5.74, 6) is 0.429. The summed E-state index contributed by atoms with van der Waals surface area (Å²) in [5.41, 5.74) is 5.56. The van der Waals surface area contributed by atoms with Crippen molar-refractivity contribution in [1.82, 2.24) is 5.32 Å². The zero-order chi connectivity index (χ0) is 13.5. The van der Waals surface area contributed by atoms with E-state index in [1.165, 1.54) is 0 Å². The summed E-state index contributed by atoms with van der Waals surface area (Å²) in [6.07, 6.45) is 1.16. The van der Waals surface area contributed by atoms with Crippen molar-refractivity contribution in [2.75, 3.05) is 13.2 Å². The zero-order valence-corrected chi connectivity index (χ0v) is 11.9. The Balaban J connectivity index is 4.04. The van der Waals surface area contributed by atoms with Crippen molar-refractivity contribution in [2.45, 2.75) is 59.0 Å². The fourth-order valence-electron chi connectivity index (χ4n) is 1.36. The van der Waals surface area contributed by atoms with Gasteiger partial charge in [-0.3, -0.25) is 4.79 Å². The smallest absolute Gasteiger partial charge is 0.220 e. The summed E-state index contributed by atoms with van der Waals surface area (Å²) in [7, 11) is 0. The lowest BCUT2D eigenvalue weighted by Crippen LogP contribution is -2.43. The van der Waals surface area contributed by atoms with E-state index >= 15 is 0 Å². The van der Waals surface area contributed by atoms with E-state index in [1.807, 2.05) is 20.8 Å². The minimum Gasteiger partial charge on any atom is -0.380 e. The molecule has 0 aromatic heterocycles. The molecule has 0 aromatic carbocycles. The van der Waals surface area contributed by atoms with Crippen LogP contribution in [0.2, 0.25) is 0 Å². The molecular weight excluding hydrogens is 216 g/mol. The Hall–Kier alpha value is -0.610. The summed E-state index contributed by atoms with van der Waals surface area (Å²) < 4.78 is 5.36. The highest BCUT2D eigenvalue weighted by Gasteiger charge is 2.18. The van der Waals surface area contributed by atoms with Gasteiger partial charge in [-0.05, 0) is 33.1 Å². The lowest BCUT2D eigenvalue weighted by molar-refractivity contribution is -0.123. The average Bonchev–Trinajstić information content (AvgIpc) is 2.19. The van der Waals surface area contributed by atoms with Crippen LogP contribution in [0, 0.1) is 5.92 Å². The van der Waals surface area contributed by atoms with Crippen LogP contribution in [-0.4, -0.2) is 30.7 Å². The summed E-state index contributed by atoms with van der Waals surface area (Å²) in [6, 6.07) is 0.0864. The molecule has 0 spiro atoms. The van der Waals surface area contributed by atoms with E-state index in [1.54, 1.807) is 0 Å². The first-order valence-corrected chi connectivity index (χ1v) is 6.42. The summed E-state index contributed by atoms with van der Waals surface area (Å²) in [5, 5.41) is 3.00. The molecule has 0 bridgehead atoms. The Labute approximate surface area is 105 Å². The fraction of sp³-hybridized carbons (Fsp3) is 0.923. The number of amides is 1. The zero-order valence-electron chi connectivity index (χ0n) is 11.9. The third kappa shape index (κ3) is 9.12. The molecule has 0 aliphatic rings. The van der Waals surface area contributed by atoms with E-state index in [9.17, 15) is 4.79 Å². The van der Waals surface area contributed by atoms with Gasteiger partial charge in [-0.25, -0.2) is 0 Å². The van der Waals surface area contributed by atoms with Crippen LogP contribution < -0.4 is 11.1 Å². The average molecular weight is 244 g/mol. The van der Waals surface area contributed by atoms with Gasteiger partial charge in [-0.15, -0.1) is 0 Å². The van der Waals surface area contributed by atoms with Crippen LogP contribution in [0.3, 0.4) is 0 Å². The van der Waals surface area contributed by atoms with Crippen molar-refractivity contribution in [3.05, 3.63) is 0 Å². The van der Waals surface area contributed by atoms with Crippen LogP contribution in [0.25, 0.3) is 0 Å². The molecule has 0 saturated carbocycles. The number of hydrogen-bond donors (Lipinski definition) is 2. The van der Waals surface area contributed by atoms with E-state index in [-0.39, 0.29) is 17.5 Å². The van der Waals surface area contributed by atoms with E-state index in [0.717, 1.165) is 0 Å². The first-order chi connectivity index (χ1) is 7.76. The van der Waals surface area contributed by atoms with Crippen molar-refractivity contribution in [2.24, 2.45) is 11.7 Å². The van der Waals surface area contributed by atoms with Crippen molar-refractivity contribution in [1.29, 1.82) is 0 Å². The van der Waals surface area contributed by atoms with Gasteiger partial charge in [0.15, 0.2) is 0 Å². The molecule has 1 amide bonds. The fourth-order valence-corrected chi connectivity index (χ4v) is 1.36. The molecule has 1 unspecified atom stereocenters. The van der Waals surface area contributed by atoms with Crippen LogP contribution in [0.15, 0.2) is 0 Å². The number of carbonyl (C=O) groups is 1. The Kier molecular flexibility index (Phi) is 7.39. The summed E-state index contributed by atoms with van der Waals surface area (Å²) in [4.78, 5) is 11.7. The molecule has 0 heterocycles. The first-order valence-electron chi connectivity index (χ1n) is 6.42. The molecule has 0 aliphatic carbocycles. The van der Waals surface area contributed by atoms with E-state index < -0.39 is 0 Å². The number of carbonyl (C=O) groups excluding carboxylic acids is 1. The van der Waals surface area contributed by atoms with Crippen molar-refractivity contribution in [3.8, 4) is 0 Å². The van der Waals surface area contributed by atoms with Gasteiger partial charge in [-0.1, -0.05) is 13.8 Å². The Morgan fingerprint density at radius 3 is 2.41 bits per heavy atom. The maximum atomic E-state index is 11.7. The van der Waals surface area contributed by atoms with Crippen LogP contribution in [0.4, 0.5) is 0 Å². The molecule has 17 heavy (non-hydrogen) atoms. The standard InChI is InChI=1S/C13H28N2O2/c1-6-17-9-11(10(2)3)15-12(16)7-8-13(4,5)14/h10-11H,6-9,14H2,1-5H3,(H,15,16). The Morgan fingerprint density at radius 2 is 2.00 bits per heavy atom. The van der Waals surface area contributed by atoms with Crippen molar-refractivity contribution >= 4 is 5.91 Å². The molecule has 3 N–H and O–H groups in total. The maximum absolute atomic E-state index is 11.7. The molecular formula is C13H28N2O2. The largest absolute Gasteiger partial charge is 0.380 e. The second-order valence-electron chi connectivity index (χ2n) is 5.57. The monoisotopic (exact) mass is 244 g/mol. The lowest BCUT2D eigenvalue weighted by Gasteiger charge is -2.23. The molecule has 4 nitrogen and oxygen atoms in total. The number of rotatable bonds is 8. The van der Waals surface area contributed by atoms with Gasteiger partial charge in [0.25, 0.3) is 0 Å². The molecule has 0 aromatic rings. The quantitative estimate of drug-likeness (QED) is 0.683. The van der Waals surface area contributed by atoms with Gasteiger partial charge in [0.1, 0.15) is 0 Å². The number of nitrogens with two attached hydrogens (primary N) is 1. The maximum Gasteiger partial charge on any atom is 0.220 e. The van der Waals surface area contributed by atoms with Gasteiger partial charge < -0.3 is 15.8 Å². The lowest BCUT2D eigenvalue weighted by atomic mass is 9.99. The van der Waals surface area contributed by atoms with Crippen LogP contribution in [-0.2, 0) is 9.53 Å². The highest BCUT2D eigenvalue weighted by molar-refractivity contribution is 5.76.